The number of aromatic nitrogens is 3. The van der Waals surface area contributed by atoms with Crippen molar-refractivity contribution in [3.8, 4) is 0 Å². The lowest BCUT2D eigenvalue weighted by molar-refractivity contribution is 0.449. The van der Waals surface area contributed by atoms with Gasteiger partial charge in [-0.25, -0.2) is 18.1 Å². The second-order valence-electron chi connectivity index (χ2n) is 4.73. The fraction of sp³-hybridized carbons (Fsp3) is 0.800. The van der Waals surface area contributed by atoms with Crippen LogP contribution in [0.3, 0.4) is 0 Å². The van der Waals surface area contributed by atoms with Crippen LogP contribution in [0.1, 0.15) is 32.6 Å². The third-order valence-electron chi connectivity index (χ3n) is 2.99. The van der Waals surface area contributed by atoms with E-state index in [4.69, 9.17) is 5.84 Å². The van der Waals surface area contributed by atoms with Crippen LogP contribution in [-0.2, 0) is 16.3 Å². The van der Waals surface area contributed by atoms with Crippen molar-refractivity contribution in [3.05, 3.63) is 12.2 Å². The molecule has 0 saturated heterocycles. The summed E-state index contributed by atoms with van der Waals surface area (Å²) in [5.74, 6) is 6.17. The van der Waals surface area contributed by atoms with Gasteiger partial charge in [0.1, 0.15) is 12.2 Å². The van der Waals surface area contributed by atoms with Crippen LogP contribution >= 0.6 is 0 Å². The maximum atomic E-state index is 11.5. The van der Waals surface area contributed by atoms with E-state index in [1.165, 1.54) is 12.6 Å². The lowest BCUT2D eigenvalue weighted by atomic mass is 10.1. The topological polar surface area (TPSA) is 103 Å². The van der Waals surface area contributed by atoms with Crippen LogP contribution in [-0.4, -0.2) is 40.7 Å². The Hall–Kier alpha value is -0.990. The first kappa shape index (κ1) is 15.1. The van der Waals surface area contributed by atoms with Gasteiger partial charge in [0.25, 0.3) is 0 Å². The Balaban J connectivity index is 2.90. The number of nitrogens with two attached hydrogens (primary N) is 1. The molecule has 0 aromatic carbocycles. The fourth-order valence-corrected chi connectivity index (χ4v) is 2.48. The third-order valence-corrected chi connectivity index (χ3v) is 4.67. The molecule has 1 rings (SSSR count). The number of hydrogen-bond acceptors (Lipinski definition) is 6. The van der Waals surface area contributed by atoms with Gasteiger partial charge in [0.15, 0.2) is 9.84 Å². The molecule has 1 aromatic heterocycles. The molecular formula is C10H21N5O2S. The van der Waals surface area contributed by atoms with Crippen LogP contribution in [0, 0.1) is 0 Å². The molecule has 104 valence electrons. The molecule has 0 radical (unpaired) electrons. The van der Waals surface area contributed by atoms with E-state index in [-0.39, 0.29) is 12.1 Å². The van der Waals surface area contributed by atoms with Crippen LogP contribution in [0.15, 0.2) is 6.33 Å². The molecule has 8 heteroatoms. The first-order chi connectivity index (χ1) is 8.27. The molecule has 2 unspecified atom stereocenters. The average Bonchev–Trinajstić information content (AvgIpc) is 2.71. The molecule has 0 saturated carbocycles. The number of nitrogens with zero attached hydrogens (tertiary/aromatic N) is 3. The van der Waals surface area contributed by atoms with Gasteiger partial charge in [0.05, 0.1) is 5.25 Å². The van der Waals surface area contributed by atoms with Gasteiger partial charge in [0.2, 0.25) is 0 Å². The van der Waals surface area contributed by atoms with Gasteiger partial charge in [0, 0.05) is 24.8 Å². The Morgan fingerprint density at radius 1 is 1.44 bits per heavy atom. The highest BCUT2D eigenvalue weighted by Crippen LogP contribution is 2.12. The van der Waals surface area contributed by atoms with Crippen LogP contribution in [0.4, 0.5) is 0 Å². The smallest absolute Gasteiger partial charge is 0.151 e. The molecule has 0 fully saturated rings. The molecule has 2 atom stereocenters. The summed E-state index contributed by atoms with van der Waals surface area (Å²) in [4.78, 5) is 4.15. The maximum Gasteiger partial charge on any atom is 0.151 e. The Morgan fingerprint density at radius 2 is 2.06 bits per heavy atom. The normalized spacial score (nSPS) is 15.9. The summed E-state index contributed by atoms with van der Waals surface area (Å²) in [6.45, 7) is 5.61. The number of hydrogen-bond donors (Lipinski definition) is 2. The minimum absolute atomic E-state index is 0.175. The third kappa shape index (κ3) is 3.50. The summed E-state index contributed by atoms with van der Waals surface area (Å²) in [5, 5.41) is 3.53. The number of nitrogens with one attached hydrogen (secondary N) is 1. The Morgan fingerprint density at radius 3 is 2.50 bits per heavy atom. The quantitative estimate of drug-likeness (QED) is 0.544. The van der Waals surface area contributed by atoms with E-state index in [9.17, 15) is 8.42 Å². The highest BCUT2D eigenvalue weighted by atomic mass is 32.2. The van der Waals surface area contributed by atoms with Gasteiger partial charge in [-0.05, 0) is 20.8 Å². The summed E-state index contributed by atoms with van der Waals surface area (Å²) in [7, 11) is -3.15. The zero-order chi connectivity index (χ0) is 13.9. The first-order valence-corrected chi connectivity index (χ1v) is 7.76. The zero-order valence-electron chi connectivity index (χ0n) is 11.2. The second-order valence-corrected chi connectivity index (χ2v) is 7.13. The number of sulfone groups is 1. The predicted octanol–water partition coefficient (Wildman–Crippen LogP) is -0.333. The standard InChI is InChI=1S/C10H21N5O2S/c1-7(2)15-10(12-6-13-15)5-9(14-11)8(3)18(4,16)17/h6-9,14H,5,11H2,1-4H3. The number of rotatable bonds is 6. The molecule has 0 bridgehead atoms. The molecule has 0 aliphatic rings. The second kappa shape index (κ2) is 5.77. The van der Waals surface area contributed by atoms with Gasteiger partial charge in [-0.3, -0.25) is 11.3 Å². The van der Waals surface area contributed by atoms with Gasteiger partial charge >= 0.3 is 0 Å². The molecule has 7 nitrogen and oxygen atoms in total. The molecule has 0 aliphatic heterocycles. The monoisotopic (exact) mass is 275 g/mol. The minimum Gasteiger partial charge on any atom is -0.271 e. The van der Waals surface area contributed by atoms with Crippen molar-refractivity contribution in [2.75, 3.05) is 6.26 Å². The van der Waals surface area contributed by atoms with E-state index in [0.717, 1.165) is 5.82 Å². The lowest BCUT2D eigenvalue weighted by Gasteiger charge is -2.22. The van der Waals surface area contributed by atoms with Gasteiger partial charge in [-0.2, -0.15) is 5.10 Å². The molecule has 18 heavy (non-hydrogen) atoms. The molecule has 3 N–H and O–H groups in total. The van der Waals surface area contributed by atoms with Crippen molar-refractivity contribution in [2.24, 2.45) is 5.84 Å². The van der Waals surface area contributed by atoms with E-state index < -0.39 is 15.1 Å². The van der Waals surface area contributed by atoms with E-state index in [1.807, 2.05) is 13.8 Å². The van der Waals surface area contributed by atoms with Gasteiger partial charge in [-0.1, -0.05) is 0 Å². The van der Waals surface area contributed by atoms with E-state index in [1.54, 1.807) is 11.6 Å². The fourth-order valence-electron chi connectivity index (χ4n) is 1.71. The van der Waals surface area contributed by atoms with E-state index in [0.29, 0.717) is 6.42 Å². The van der Waals surface area contributed by atoms with Crippen molar-refractivity contribution < 1.29 is 8.42 Å². The molecule has 0 spiro atoms. The average molecular weight is 275 g/mol. The molecule has 1 aromatic rings. The Labute approximate surface area is 108 Å². The highest BCUT2D eigenvalue weighted by Gasteiger charge is 2.27. The van der Waals surface area contributed by atoms with Crippen molar-refractivity contribution in [1.29, 1.82) is 0 Å². The molecular weight excluding hydrogens is 254 g/mol. The van der Waals surface area contributed by atoms with Crippen molar-refractivity contribution in [3.63, 3.8) is 0 Å². The summed E-state index contributed by atoms with van der Waals surface area (Å²) in [6, 6.07) is -0.212. The minimum atomic E-state index is -3.15. The summed E-state index contributed by atoms with van der Waals surface area (Å²) < 4.78 is 24.8. The number of hydrazine groups is 1. The zero-order valence-corrected chi connectivity index (χ0v) is 12.0. The van der Waals surface area contributed by atoms with Crippen LogP contribution in [0.25, 0.3) is 0 Å². The van der Waals surface area contributed by atoms with Gasteiger partial charge < -0.3 is 0 Å². The predicted molar refractivity (Wildman–Crippen MR) is 69.5 cm³/mol. The van der Waals surface area contributed by atoms with E-state index >= 15 is 0 Å². The molecule has 0 amide bonds. The largest absolute Gasteiger partial charge is 0.271 e. The summed E-state index contributed by atoms with van der Waals surface area (Å²) in [6.07, 6.45) is 3.09. The van der Waals surface area contributed by atoms with Gasteiger partial charge in [-0.15, -0.1) is 0 Å². The molecule has 0 aliphatic carbocycles. The maximum absolute atomic E-state index is 11.5. The first-order valence-electron chi connectivity index (χ1n) is 5.80. The van der Waals surface area contributed by atoms with Crippen LogP contribution in [0.2, 0.25) is 0 Å². The van der Waals surface area contributed by atoms with Crippen molar-refractivity contribution >= 4 is 9.84 Å². The van der Waals surface area contributed by atoms with E-state index in [2.05, 4.69) is 15.5 Å². The Bertz CT molecular complexity index is 482. The van der Waals surface area contributed by atoms with Crippen molar-refractivity contribution in [1.82, 2.24) is 20.2 Å². The summed E-state index contributed by atoms with van der Waals surface area (Å²) in [5.41, 5.74) is 2.55. The SMILES string of the molecule is CC(C)n1ncnc1CC(NN)C(C)S(C)(=O)=O. The lowest BCUT2D eigenvalue weighted by Crippen LogP contribution is -2.47. The highest BCUT2D eigenvalue weighted by molar-refractivity contribution is 7.91. The van der Waals surface area contributed by atoms with Crippen LogP contribution in [0.5, 0.6) is 0 Å². The van der Waals surface area contributed by atoms with Crippen LogP contribution < -0.4 is 11.3 Å². The summed E-state index contributed by atoms with van der Waals surface area (Å²) >= 11 is 0. The molecule has 1 heterocycles. The Kier molecular flexibility index (Phi) is 4.83. The van der Waals surface area contributed by atoms with Crippen molar-refractivity contribution in [2.45, 2.75) is 44.5 Å².